The molecule has 1 aromatic rings. The fraction of sp³-hybridized carbons (Fsp3) is 0.500. The molecule has 3 amide bonds. The highest BCUT2D eigenvalue weighted by Crippen LogP contribution is 2.40. The van der Waals surface area contributed by atoms with Gasteiger partial charge in [0.15, 0.2) is 5.76 Å². The molecule has 0 saturated carbocycles. The minimum atomic E-state index is -1.01. The van der Waals surface area contributed by atoms with Crippen molar-refractivity contribution in [2.24, 2.45) is 10.9 Å². The molecule has 3 N–H and O–H groups in total. The zero-order chi connectivity index (χ0) is 26.2. The van der Waals surface area contributed by atoms with Crippen LogP contribution in [0, 0.1) is 0 Å². The van der Waals surface area contributed by atoms with Gasteiger partial charge in [-0.2, -0.15) is 0 Å². The Morgan fingerprint density at radius 2 is 2.06 bits per heavy atom. The average molecular weight is 524 g/mol. The number of rotatable bonds is 12. The number of nitrogens with zero attached hydrogens (tertiary/aromatic N) is 3. The molecule has 0 bridgehead atoms. The quantitative estimate of drug-likeness (QED) is 0.168. The highest BCUT2D eigenvalue weighted by molar-refractivity contribution is 8.00. The second-order valence-corrected chi connectivity index (χ2v) is 8.79. The van der Waals surface area contributed by atoms with Crippen molar-refractivity contribution in [2.45, 2.75) is 25.3 Å². The molecule has 2 unspecified atom stereocenters. The predicted octanol–water partition coefficient (Wildman–Crippen LogP) is 0.264. The van der Waals surface area contributed by atoms with Gasteiger partial charge in [-0.25, -0.2) is 9.59 Å². The molecule has 2 aliphatic rings. The number of fused-ring (bicyclic) bond motifs is 1. The van der Waals surface area contributed by atoms with Crippen molar-refractivity contribution in [3.63, 3.8) is 0 Å². The molecule has 196 valence electrons. The van der Waals surface area contributed by atoms with Crippen LogP contribution in [0.3, 0.4) is 0 Å². The van der Waals surface area contributed by atoms with Gasteiger partial charge in [-0.1, -0.05) is 19.0 Å². The number of thioether (sulfide) groups is 1. The van der Waals surface area contributed by atoms with Crippen LogP contribution in [0.1, 0.15) is 19.6 Å². The third-order valence-corrected chi connectivity index (χ3v) is 6.94. The van der Waals surface area contributed by atoms with Crippen molar-refractivity contribution in [1.82, 2.24) is 15.1 Å². The monoisotopic (exact) mass is 523 g/mol. The van der Waals surface area contributed by atoms with E-state index in [-0.39, 0.29) is 36.1 Å². The Bertz CT molecular complexity index is 1040. The number of nitrogens with two attached hydrogens (primary N) is 1. The normalized spacial score (nSPS) is 19.5. The first-order valence-corrected chi connectivity index (χ1v) is 12.3. The number of furan rings is 1. The summed E-state index contributed by atoms with van der Waals surface area (Å²) in [7, 11) is 1.28. The molecular weight excluding hydrogens is 494 g/mol. The number of β-lactam (4-membered cyclic amide) rings is 1. The summed E-state index contributed by atoms with van der Waals surface area (Å²) >= 11 is 1.30. The lowest BCUT2D eigenvalue weighted by Gasteiger charge is -2.49. The van der Waals surface area contributed by atoms with Gasteiger partial charge in [0.1, 0.15) is 37.4 Å². The minimum absolute atomic E-state index is 0.00753. The topological polar surface area (TPSA) is 166 Å². The second kappa shape index (κ2) is 12.4. The van der Waals surface area contributed by atoms with Crippen molar-refractivity contribution in [1.29, 1.82) is 0 Å². The third-order valence-electron chi connectivity index (χ3n) is 5.60. The van der Waals surface area contributed by atoms with Gasteiger partial charge in [-0.3, -0.25) is 14.5 Å². The van der Waals surface area contributed by atoms with E-state index >= 15 is 0 Å². The molecule has 3 rings (SSSR count). The van der Waals surface area contributed by atoms with E-state index in [1.165, 1.54) is 36.1 Å². The van der Waals surface area contributed by atoms with Crippen LogP contribution in [0.4, 0.5) is 4.79 Å². The van der Waals surface area contributed by atoms with Crippen molar-refractivity contribution in [3.05, 3.63) is 35.4 Å². The van der Waals surface area contributed by atoms with E-state index in [9.17, 15) is 19.2 Å². The van der Waals surface area contributed by atoms with Gasteiger partial charge in [0, 0.05) is 17.9 Å². The molecule has 2 atom stereocenters. The first kappa shape index (κ1) is 27.1. The van der Waals surface area contributed by atoms with Crippen LogP contribution in [-0.2, 0) is 28.7 Å². The summed E-state index contributed by atoms with van der Waals surface area (Å²) in [6.07, 6.45) is 0.367. The van der Waals surface area contributed by atoms with Gasteiger partial charge in [0.05, 0.1) is 6.26 Å². The molecule has 0 aliphatic carbocycles. The molecular formula is C22H29N5O8S. The number of nitrogens with one attached hydrogen (secondary N) is 1. The van der Waals surface area contributed by atoms with Gasteiger partial charge in [-0.15, -0.1) is 11.8 Å². The molecule has 1 aromatic heterocycles. The number of ether oxygens (including phenoxy) is 2. The fourth-order valence-electron chi connectivity index (χ4n) is 3.73. The number of hydrogen-bond acceptors (Lipinski definition) is 11. The first-order valence-electron chi connectivity index (χ1n) is 11.3. The van der Waals surface area contributed by atoms with Crippen molar-refractivity contribution in [2.75, 3.05) is 45.7 Å². The smallest absolute Gasteiger partial charge is 0.404 e. The minimum Gasteiger partial charge on any atom is -0.462 e. The van der Waals surface area contributed by atoms with Gasteiger partial charge in [0.2, 0.25) is 5.71 Å². The Hall–Kier alpha value is -3.52. The summed E-state index contributed by atoms with van der Waals surface area (Å²) in [5, 5.41) is 5.75. The van der Waals surface area contributed by atoms with Crippen LogP contribution in [0.2, 0.25) is 0 Å². The Kier molecular flexibility index (Phi) is 9.36. The summed E-state index contributed by atoms with van der Waals surface area (Å²) in [6, 6.07) is 2.18. The number of carbonyl (C=O) groups is 4. The second-order valence-electron chi connectivity index (χ2n) is 7.68. The molecule has 3 heterocycles. The number of esters is 1. The van der Waals surface area contributed by atoms with Crippen LogP contribution in [0.5, 0.6) is 0 Å². The summed E-state index contributed by atoms with van der Waals surface area (Å²) in [5.41, 5.74) is 5.32. The van der Waals surface area contributed by atoms with Crippen LogP contribution in [-0.4, -0.2) is 96.5 Å². The van der Waals surface area contributed by atoms with Gasteiger partial charge in [-0.05, 0) is 25.2 Å². The molecule has 13 nitrogen and oxygen atoms in total. The Labute approximate surface area is 211 Å². The Balaban J connectivity index is 1.75. The van der Waals surface area contributed by atoms with E-state index in [2.05, 4.69) is 15.4 Å². The lowest BCUT2D eigenvalue weighted by atomic mass is 10.0. The van der Waals surface area contributed by atoms with E-state index in [1.54, 1.807) is 6.07 Å². The largest absolute Gasteiger partial charge is 0.462 e. The maximum atomic E-state index is 13.1. The summed E-state index contributed by atoms with van der Waals surface area (Å²) in [6.45, 7) is 5.97. The number of hydrogen-bond donors (Lipinski definition) is 2. The van der Waals surface area contributed by atoms with Crippen LogP contribution >= 0.6 is 11.8 Å². The molecule has 14 heteroatoms. The summed E-state index contributed by atoms with van der Waals surface area (Å²) in [4.78, 5) is 58.1. The van der Waals surface area contributed by atoms with Crippen molar-refractivity contribution in [3.8, 4) is 0 Å². The lowest BCUT2D eigenvalue weighted by molar-refractivity contribution is -0.152. The highest BCUT2D eigenvalue weighted by atomic mass is 32.2. The molecule has 0 radical (unpaired) electrons. The van der Waals surface area contributed by atoms with E-state index < -0.39 is 35.3 Å². The van der Waals surface area contributed by atoms with Gasteiger partial charge >= 0.3 is 12.1 Å². The molecule has 1 saturated heterocycles. The van der Waals surface area contributed by atoms with E-state index in [0.29, 0.717) is 12.1 Å². The number of oxime groups is 1. The summed E-state index contributed by atoms with van der Waals surface area (Å²) in [5.74, 6) is -1.50. The van der Waals surface area contributed by atoms with E-state index in [4.69, 9.17) is 24.5 Å². The Morgan fingerprint density at radius 3 is 2.67 bits per heavy atom. The maximum absolute atomic E-state index is 13.1. The van der Waals surface area contributed by atoms with Crippen molar-refractivity contribution < 1.29 is 37.9 Å². The standard InChI is InChI=1S/C22H29N5O8S/c1-4-26(5-2)8-10-34-21(30)17-13(11-35-22(23)31)12-36-20-16(19(29)27(17)20)24-18(28)15(25-32-3)14-7-6-9-33-14/h6-7,9,16,20H,4-5,8,10-12H2,1-3H3,(H2,23,31)(H,24,28)/b25-15+. The third kappa shape index (κ3) is 5.99. The molecule has 1 fully saturated rings. The molecule has 0 aromatic carbocycles. The predicted molar refractivity (Wildman–Crippen MR) is 129 cm³/mol. The lowest BCUT2D eigenvalue weighted by Crippen LogP contribution is -2.71. The fourth-order valence-corrected chi connectivity index (χ4v) is 5.06. The van der Waals surface area contributed by atoms with E-state index in [1.807, 2.05) is 13.8 Å². The number of primary amides is 1. The first-order chi connectivity index (χ1) is 17.3. The van der Waals surface area contributed by atoms with E-state index in [0.717, 1.165) is 13.1 Å². The van der Waals surface area contributed by atoms with Gasteiger partial charge in [0.25, 0.3) is 11.8 Å². The van der Waals surface area contributed by atoms with Crippen LogP contribution in [0.15, 0.2) is 39.2 Å². The summed E-state index contributed by atoms with van der Waals surface area (Å²) < 4.78 is 15.5. The molecule has 0 spiro atoms. The zero-order valence-electron chi connectivity index (χ0n) is 20.2. The SMILES string of the molecule is CCN(CC)CCOC(=O)C1=C(COC(N)=O)CSC2C(NC(=O)/C(=N/OC)c3ccco3)C(=O)N12. The zero-order valence-corrected chi connectivity index (χ0v) is 21.0. The number of carbonyl (C=O) groups excluding carboxylic acids is 4. The average Bonchev–Trinajstić information content (AvgIpc) is 3.40. The van der Waals surface area contributed by atoms with Crippen molar-refractivity contribution >= 4 is 41.4 Å². The maximum Gasteiger partial charge on any atom is 0.404 e. The Morgan fingerprint density at radius 1 is 1.31 bits per heavy atom. The molecule has 36 heavy (non-hydrogen) atoms. The van der Waals surface area contributed by atoms with Crippen LogP contribution in [0.25, 0.3) is 0 Å². The number of amides is 3. The van der Waals surface area contributed by atoms with Crippen LogP contribution < -0.4 is 11.1 Å². The number of likely N-dealkylation sites (N-methyl/N-ethyl adjacent to an activating group) is 1. The highest BCUT2D eigenvalue weighted by Gasteiger charge is 2.54. The molecule has 2 aliphatic heterocycles. The van der Waals surface area contributed by atoms with Gasteiger partial charge < -0.3 is 34.7 Å².